The highest BCUT2D eigenvalue weighted by Gasteiger charge is 2.33. The molecule has 23 heavy (non-hydrogen) atoms. The van der Waals surface area contributed by atoms with Crippen LogP contribution in [0.25, 0.3) is 0 Å². The lowest BCUT2D eigenvalue weighted by molar-refractivity contribution is 0.0715. The van der Waals surface area contributed by atoms with Crippen LogP contribution in [0.4, 0.5) is 4.39 Å². The predicted molar refractivity (Wildman–Crippen MR) is 79.5 cm³/mol. The van der Waals surface area contributed by atoms with Crippen LogP contribution < -0.4 is 5.14 Å². The second-order valence-corrected chi connectivity index (χ2v) is 6.92. The van der Waals surface area contributed by atoms with Gasteiger partial charge in [-0.15, -0.1) is 0 Å². The van der Waals surface area contributed by atoms with Crippen LogP contribution in [0.5, 0.6) is 0 Å². The largest absolute Gasteiger partial charge is 0.467 e. The van der Waals surface area contributed by atoms with Crippen LogP contribution in [-0.2, 0) is 10.0 Å². The van der Waals surface area contributed by atoms with Crippen molar-refractivity contribution in [1.82, 2.24) is 4.90 Å². The Labute approximate surface area is 132 Å². The molecule has 0 spiro atoms. The van der Waals surface area contributed by atoms with E-state index < -0.39 is 21.7 Å². The van der Waals surface area contributed by atoms with Gasteiger partial charge in [0.15, 0.2) is 0 Å². The van der Waals surface area contributed by atoms with E-state index in [4.69, 9.17) is 9.56 Å². The molecule has 2 N–H and O–H groups in total. The van der Waals surface area contributed by atoms with Gasteiger partial charge >= 0.3 is 0 Å². The normalized spacial score (nSPS) is 18.3. The van der Waals surface area contributed by atoms with Crippen molar-refractivity contribution in [3.8, 4) is 0 Å². The molecule has 0 aliphatic carbocycles. The van der Waals surface area contributed by atoms with Crippen molar-refractivity contribution in [3.63, 3.8) is 0 Å². The van der Waals surface area contributed by atoms with Crippen molar-refractivity contribution in [2.24, 2.45) is 5.14 Å². The molecule has 1 saturated heterocycles. The number of likely N-dealkylation sites (tertiary alicyclic amines) is 1. The molecule has 6 nitrogen and oxygen atoms in total. The first kappa shape index (κ1) is 15.7. The molecule has 1 aromatic carbocycles. The lowest BCUT2D eigenvalue weighted by atomic mass is 10.1. The summed E-state index contributed by atoms with van der Waals surface area (Å²) >= 11 is 0. The SMILES string of the molecule is NS(=O)(=O)c1ccc(F)c(C(=O)N2CCCC2c2ccco2)c1. The van der Waals surface area contributed by atoms with Crippen LogP contribution >= 0.6 is 0 Å². The maximum atomic E-state index is 14.0. The summed E-state index contributed by atoms with van der Waals surface area (Å²) in [5.74, 6) is -0.738. The minimum atomic E-state index is -4.01. The maximum Gasteiger partial charge on any atom is 0.257 e. The Morgan fingerprint density at radius 3 is 2.78 bits per heavy atom. The van der Waals surface area contributed by atoms with Crippen molar-refractivity contribution in [1.29, 1.82) is 0 Å². The molecule has 1 unspecified atom stereocenters. The molecule has 8 heteroatoms. The average Bonchev–Trinajstić information content (AvgIpc) is 3.16. The number of nitrogens with zero attached hydrogens (tertiary/aromatic N) is 1. The summed E-state index contributed by atoms with van der Waals surface area (Å²) in [5, 5.41) is 5.04. The molecule has 0 bridgehead atoms. The van der Waals surface area contributed by atoms with Crippen LogP contribution in [0.15, 0.2) is 45.9 Å². The molecule has 1 aliphatic heterocycles. The van der Waals surface area contributed by atoms with Gasteiger partial charge in [-0.2, -0.15) is 0 Å². The van der Waals surface area contributed by atoms with Crippen molar-refractivity contribution < 1.29 is 22.0 Å². The van der Waals surface area contributed by atoms with Crippen molar-refractivity contribution in [2.75, 3.05) is 6.54 Å². The molecule has 0 radical (unpaired) electrons. The van der Waals surface area contributed by atoms with Gasteiger partial charge in [0.05, 0.1) is 22.8 Å². The predicted octanol–water partition coefficient (Wildman–Crippen LogP) is 2.04. The Morgan fingerprint density at radius 2 is 2.13 bits per heavy atom. The number of sulfonamides is 1. The third kappa shape index (κ3) is 2.99. The molecule has 1 aliphatic rings. The highest BCUT2D eigenvalue weighted by molar-refractivity contribution is 7.89. The average molecular weight is 338 g/mol. The highest BCUT2D eigenvalue weighted by Crippen LogP contribution is 2.33. The second kappa shape index (κ2) is 5.78. The molecule has 2 aromatic rings. The van der Waals surface area contributed by atoms with Crippen LogP contribution in [0, 0.1) is 5.82 Å². The van der Waals surface area contributed by atoms with Crippen molar-refractivity contribution in [3.05, 3.63) is 53.7 Å². The zero-order chi connectivity index (χ0) is 16.6. The number of primary sulfonamides is 1. The van der Waals surface area contributed by atoms with E-state index in [0.717, 1.165) is 24.6 Å². The number of halogens is 1. The summed E-state index contributed by atoms with van der Waals surface area (Å²) < 4.78 is 42.2. The number of hydrogen-bond donors (Lipinski definition) is 1. The Bertz CT molecular complexity index is 833. The zero-order valence-corrected chi connectivity index (χ0v) is 12.9. The number of amides is 1. The fraction of sp³-hybridized carbons (Fsp3) is 0.267. The first-order chi connectivity index (χ1) is 10.9. The Hall–Kier alpha value is -2.19. The topological polar surface area (TPSA) is 93.6 Å². The zero-order valence-electron chi connectivity index (χ0n) is 12.1. The maximum absolute atomic E-state index is 14.0. The second-order valence-electron chi connectivity index (χ2n) is 5.36. The van der Waals surface area contributed by atoms with E-state index in [1.54, 1.807) is 12.1 Å². The van der Waals surface area contributed by atoms with E-state index in [0.29, 0.717) is 18.7 Å². The van der Waals surface area contributed by atoms with Gasteiger partial charge in [0, 0.05) is 6.54 Å². The van der Waals surface area contributed by atoms with E-state index in [1.807, 2.05) is 0 Å². The van der Waals surface area contributed by atoms with Crippen LogP contribution in [-0.4, -0.2) is 25.8 Å². The van der Waals surface area contributed by atoms with E-state index in [-0.39, 0.29) is 16.5 Å². The van der Waals surface area contributed by atoms with Crippen LogP contribution in [0.1, 0.15) is 35.0 Å². The minimum absolute atomic E-state index is 0.282. The lowest BCUT2D eigenvalue weighted by Gasteiger charge is -2.23. The van der Waals surface area contributed by atoms with Gasteiger partial charge in [0.2, 0.25) is 10.0 Å². The highest BCUT2D eigenvalue weighted by atomic mass is 32.2. The number of benzene rings is 1. The first-order valence-electron chi connectivity index (χ1n) is 7.04. The lowest BCUT2D eigenvalue weighted by Crippen LogP contribution is -2.31. The van der Waals surface area contributed by atoms with E-state index >= 15 is 0 Å². The van der Waals surface area contributed by atoms with Gasteiger partial charge in [-0.3, -0.25) is 4.79 Å². The van der Waals surface area contributed by atoms with Gasteiger partial charge in [0.1, 0.15) is 11.6 Å². The smallest absolute Gasteiger partial charge is 0.257 e. The Balaban J connectivity index is 1.97. The van der Waals surface area contributed by atoms with Crippen molar-refractivity contribution in [2.45, 2.75) is 23.8 Å². The number of nitrogens with two attached hydrogens (primary N) is 1. The van der Waals surface area contributed by atoms with Crippen LogP contribution in [0.2, 0.25) is 0 Å². The number of furan rings is 1. The molecule has 1 aromatic heterocycles. The molecule has 122 valence electrons. The van der Waals surface area contributed by atoms with Gasteiger partial charge < -0.3 is 9.32 Å². The quantitative estimate of drug-likeness (QED) is 0.927. The minimum Gasteiger partial charge on any atom is -0.467 e. The number of carbonyl (C=O) groups excluding carboxylic acids is 1. The van der Waals surface area contributed by atoms with E-state index in [1.165, 1.54) is 11.2 Å². The summed E-state index contributed by atoms with van der Waals surface area (Å²) in [5.41, 5.74) is -0.310. The number of hydrogen-bond acceptors (Lipinski definition) is 4. The molecule has 2 heterocycles. The Morgan fingerprint density at radius 1 is 1.35 bits per heavy atom. The molecular weight excluding hydrogens is 323 g/mol. The summed E-state index contributed by atoms with van der Waals surface area (Å²) in [6, 6.07) is 6.15. The standard InChI is InChI=1S/C15H15FN2O4S/c16-12-6-5-10(23(17,20)21)9-11(12)15(19)18-7-1-3-13(18)14-4-2-8-22-14/h2,4-6,8-9,13H,1,3,7H2,(H2,17,20,21). The summed E-state index contributed by atoms with van der Waals surface area (Å²) in [6.07, 6.45) is 2.97. The Kier molecular flexibility index (Phi) is 3.95. The molecule has 3 rings (SSSR count). The fourth-order valence-corrected chi connectivity index (χ4v) is 3.33. The van der Waals surface area contributed by atoms with Gasteiger partial charge in [0.25, 0.3) is 5.91 Å². The number of rotatable bonds is 3. The van der Waals surface area contributed by atoms with Crippen molar-refractivity contribution >= 4 is 15.9 Å². The summed E-state index contributed by atoms with van der Waals surface area (Å²) in [7, 11) is -4.01. The van der Waals surface area contributed by atoms with E-state index in [9.17, 15) is 17.6 Å². The van der Waals surface area contributed by atoms with E-state index in [2.05, 4.69) is 0 Å². The first-order valence-corrected chi connectivity index (χ1v) is 8.59. The molecule has 1 atom stereocenters. The van der Waals surface area contributed by atoms with Gasteiger partial charge in [-0.25, -0.2) is 17.9 Å². The van der Waals surface area contributed by atoms with Gasteiger partial charge in [-0.05, 0) is 43.2 Å². The third-order valence-corrected chi connectivity index (χ3v) is 4.79. The molecule has 1 fully saturated rings. The van der Waals surface area contributed by atoms with Crippen LogP contribution in [0.3, 0.4) is 0 Å². The fourth-order valence-electron chi connectivity index (χ4n) is 2.79. The van der Waals surface area contributed by atoms with Gasteiger partial charge in [-0.1, -0.05) is 0 Å². The molecular formula is C15H15FN2O4S. The monoisotopic (exact) mass is 338 g/mol. The summed E-state index contributed by atoms with van der Waals surface area (Å²) in [4.78, 5) is 13.9. The third-order valence-electron chi connectivity index (χ3n) is 3.88. The molecule has 1 amide bonds. The number of carbonyl (C=O) groups is 1. The molecule has 0 saturated carbocycles. The summed E-state index contributed by atoms with van der Waals surface area (Å²) in [6.45, 7) is 0.448.